The number of aliphatic hydroxyl groups is 2. The molecule has 100 valence electrons. The number of methoxy groups -OCH3 is 1. The smallest absolute Gasteiger partial charge is 0.337 e. The fraction of sp³-hybridized carbons (Fsp3) is 0.462. The minimum atomic E-state index is -0.375. The molecule has 2 N–H and O–H groups in total. The molecular formula is C13H19NO4. The van der Waals surface area contributed by atoms with Gasteiger partial charge in [0.2, 0.25) is 0 Å². The highest BCUT2D eigenvalue weighted by atomic mass is 16.5. The Hall–Kier alpha value is -1.59. The molecule has 18 heavy (non-hydrogen) atoms. The van der Waals surface area contributed by atoms with E-state index < -0.39 is 0 Å². The van der Waals surface area contributed by atoms with Gasteiger partial charge in [0.1, 0.15) is 0 Å². The van der Waals surface area contributed by atoms with Crippen LogP contribution in [-0.2, 0) is 4.74 Å². The Morgan fingerprint density at radius 1 is 1.28 bits per heavy atom. The van der Waals surface area contributed by atoms with Gasteiger partial charge in [-0.05, 0) is 30.7 Å². The summed E-state index contributed by atoms with van der Waals surface area (Å²) in [4.78, 5) is 13.3. The molecule has 0 aromatic heterocycles. The van der Waals surface area contributed by atoms with Crippen LogP contribution < -0.4 is 4.90 Å². The van der Waals surface area contributed by atoms with Crippen LogP contribution in [0.15, 0.2) is 18.2 Å². The number of ether oxygens (including phenoxy) is 1. The van der Waals surface area contributed by atoms with E-state index in [1.807, 2.05) is 11.8 Å². The maximum Gasteiger partial charge on any atom is 0.337 e. The number of rotatable bonds is 6. The molecule has 0 aliphatic heterocycles. The number of esters is 1. The lowest BCUT2D eigenvalue weighted by Gasteiger charge is -2.25. The van der Waals surface area contributed by atoms with Crippen LogP contribution in [0, 0.1) is 6.92 Å². The van der Waals surface area contributed by atoms with Crippen LogP contribution in [0.5, 0.6) is 0 Å². The molecule has 0 spiro atoms. The zero-order chi connectivity index (χ0) is 13.5. The molecule has 1 aromatic rings. The van der Waals surface area contributed by atoms with E-state index in [1.165, 1.54) is 7.11 Å². The van der Waals surface area contributed by atoms with Crippen LogP contribution in [0.3, 0.4) is 0 Å². The van der Waals surface area contributed by atoms with Crippen LogP contribution in [0.25, 0.3) is 0 Å². The summed E-state index contributed by atoms with van der Waals surface area (Å²) in [6.07, 6.45) is 0. The predicted molar refractivity (Wildman–Crippen MR) is 68.9 cm³/mol. The highest BCUT2D eigenvalue weighted by Crippen LogP contribution is 2.21. The first-order chi connectivity index (χ1) is 8.63. The molecule has 0 amide bonds. The summed E-state index contributed by atoms with van der Waals surface area (Å²) < 4.78 is 4.65. The number of hydrogen-bond donors (Lipinski definition) is 2. The van der Waals surface area contributed by atoms with Crippen molar-refractivity contribution in [3.63, 3.8) is 0 Å². The number of hydrogen-bond acceptors (Lipinski definition) is 5. The third kappa shape index (κ3) is 3.45. The predicted octanol–water partition coefficient (Wildman–Crippen LogP) is 0.573. The molecule has 1 aromatic carbocycles. The van der Waals surface area contributed by atoms with Crippen molar-refractivity contribution in [2.75, 3.05) is 38.3 Å². The monoisotopic (exact) mass is 253 g/mol. The average Bonchev–Trinajstić information content (AvgIpc) is 2.37. The van der Waals surface area contributed by atoms with Crippen molar-refractivity contribution in [1.29, 1.82) is 0 Å². The first-order valence-corrected chi connectivity index (χ1v) is 5.79. The van der Waals surface area contributed by atoms with Crippen molar-refractivity contribution >= 4 is 11.7 Å². The third-order valence-electron chi connectivity index (χ3n) is 2.70. The highest BCUT2D eigenvalue weighted by Gasteiger charge is 2.11. The average molecular weight is 253 g/mol. The van der Waals surface area contributed by atoms with E-state index >= 15 is 0 Å². The number of nitrogens with zero attached hydrogens (tertiary/aromatic N) is 1. The number of anilines is 1. The van der Waals surface area contributed by atoms with Crippen molar-refractivity contribution < 1.29 is 19.7 Å². The van der Waals surface area contributed by atoms with E-state index in [9.17, 15) is 4.79 Å². The summed E-state index contributed by atoms with van der Waals surface area (Å²) in [7, 11) is 1.34. The Morgan fingerprint density at radius 3 is 2.33 bits per heavy atom. The van der Waals surface area contributed by atoms with Crippen LogP contribution in [-0.4, -0.2) is 49.6 Å². The Balaban J connectivity index is 2.98. The zero-order valence-electron chi connectivity index (χ0n) is 10.7. The van der Waals surface area contributed by atoms with Gasteiger partial charge in [-0.1, -0.05) is 0 Å². The first kappa shape index (κ1) is 14.5. The van der Waals surface area contributed by atoms with E-state index in [0.29, 0.717) is 18.7 Å². The fourth-order valence-corrected chi connectivity index (χ4v) is 1.85. The number of aliphatic hydroxyl groups excluding tert-OH is 2. The number of carbonyl (C=O) groups excluding carboxylic acids is 1. The van der Waals surface area contributed by atoms with Gasteiger partial charge in [-0.3, -0.25) is 0 Å². The largest absolute Gasteiger partial charge is 0.465 e. The molecule has 0 aliphatic rings. The van der Waals surface area contributed by atoms with Crippen LogP contribution in [0.2, 0.25) is 0 Å². The van der Waals surface area contributed by atoms with Crippen molar-refractivity contribution in [2.45, 2.75) is 6.92 Å². The topological polar surface area (TPSA) is 70.0 Å². The zero-order valence-corrected chi connectivity index (χ0v) is 10.7. The van der Waals surface area contributed by atoms with Gasteiger partial charge < -0.3 is 19.8 Å². The summed E-state index contributed by atoms with van der Waals surface area (Å²) in [5.74, 6) is -0.375. The van der Waals surface area contributed by atoms with Gasteiger partial charge in [0.15, 0.2) is 0 Å². The Bertz CT molecular complexity index is 400. The number of aryl methyl sites for hydroxylation is 1. The molecule has 0 saturated heterocycles. The fourth-order valence-electron chi connectivity index (χ4n) is 1.85. The van der Waals surface area contributed by atoms with Crippen molar-refractivity contribution in [3.05, 3.63) is 29.3 Å². The lowest BCUT2D eigenvalue weighted by Crippen LogP contribution is -2.30. The van der Waals surface area contributed by atoms with Crippen LogP contribution in [0.4, 0.5) is 5.69 Å². The van der Waals surface area contributed by atoms with Crippen molar-refractivity contribution in [2.24, 2.45) is 0 Å². The van der Waals surface area contributed by atoms with Gasteiger partial charge in [0, 0.05) is 18.8 Å². The van der Waals surface area contributed by atoms with E-state index in [-0.39, 0.29) is 19.2 Å². The van der Waals surface area contributed by atoms with Gasteiger partial charge in [0.25, 0.3) is 0 Å². The molecule has 0 fully saturated rings. The summed E-state index contributed by atoms with van der Waals surface area (Å²) in [6.45, 7) is 2.79. The van der Waals surface area contributed by atoms with Gasteiger partial charge in [-0.25, -0.2) is 4.79 Å². The highest BCUT2D eigenvalue weighted by molar-refractivity contribution is 5.90. The molecule has 0 atom stereocenters. The van der Waals surface area contributed by atoms with Gasteiger partial charge >= 0.3 is 5.97 Å². The molecule has 5 nitrogen and oxygen atoms in total. The van der Waals surface area contributed by atoms with E-state index in [4.69, 9.17) is 10.2 Å². The summed E-state index contributed by atoms with van der Waals surface area (Å²) in [6, 6.07) is 5.21. The molecule has 0 radical (unpaired) electrons. The Morgan fingerprint density at radius 2 is 1.89 bits per heavy atom. The van der Waals surface area contributed by atoms with E-state index in [1.54, 1.807) is 18.2 Å². The number of benzene rings is 1. The lowest BCUT2D eigenvalue weighted by molar-refractivity contribution is 0.0600. The lowest BCUT2D eigenvalue weighted by atomic mass is 10.1. The van der Waals surface area contributed by atoms with Crippen molar-refractivity contribution in [3.8, 4) is 0 Å². The quantitative estimate of drug-likeness (QED) is 0.725. The third-order valence-corrected chi connectivity index (χ3v) is 2.70. The molecule has 0 saturated carbocycles. The Kier molecular flexibility index (Phi) is 5.61. The second-order valence-corrected chi connectivity index (χ2v) is 3.93. The van der Waals surface area contributed by atoms with Crippen molar-refractivity contribution in [1.82, 2.24) is 0 Å². The number of carbonyl (C=O) groups is 1. The molecular weight excluding hydrogens is 234 g/mol. The molecule has 0 unspecified atom stereocenters. The van der Waals surface area contributed by atoms with E-state index in [0.717, 1.165) is 11.3 Å². The van der Waals surface area contributed by atoms with Crippen LogP contribution >= 0.6 is 0 Å². The maximum atomic E-state index is 11.4. The second-order valence-electron chi connectivity index (χ2n) is 3.93. The van der Waals surface area contributed by atoms with Gasteiger partial charge in [-0.2, -0.15) is 0 Å². The second kappa shape index (κ2) is 6.98. The molecule has 5 heteroatoms. The SMILES string of the molecule is COC(=O)c1ccc(N(CCO)CCO)c(C)c1. The summed E-state index contributed by atoms with van der Waals surface area (Å²) >= 11 is 0. The summed E-state index contributed by atoms with van der Waals surface area (Å²) in [5.41, 5.74) is 2.29. The Labute approximate surface area is 107 Å². The maximum absolute atomic E-state index is 11.4. The molecule has 0 heterocycles. The molecule has 0 bridgehead atoms. The molecule has 0 aliphatic carbocycles. The first-order valence-electron chi connectivity index (χ1n) is 5.79. The minimum Gasteiger partial charge on any atom is -0.465 e. The normalized spacial score (nSPS) is 10.2. The van der Waals surface area contributed by atoms with E-state index in [2.05, 4.69) is 4.74 Å². The van der Waals surface area contributed by atoms with Crippen LogP contribution in [0.1, 0.15) is 15.9 Å². The molecule has 1 rings (SSSR count). The standard InChI is InChI=1S/C13H19NO4/c1-10-9-11(13(17)18-2)3-4-12(10)14(5-7-15)6-8-16/h3-4,9,15-16H,5-8H2,1-2H3. The van der Waals surface area contributed by atoms with Gasteiger partial charge in [0.05, 0.1) is 25.9 Å². The van der Waals surface area contributed by atoms with Gasteiger partial charge in [-0.15, -0.1) is 0 Å². The summed E-state index contributed by atoms with van der Waals surface area (Å²) in [5, 5.41) is 18.0. The minimum absolute atomic E-state index is 0.0121.